The number of carbonyl (C=O) groups is 1. The van der Waals surface area contributed by atoms with E-state index < -0.39 is 39.1 Å². The van der Waals surface area contributed by atoms with Crippen LogP contribution in [0.15, 0.2) is 42.5 Å². The van der Waals surface area contributed by atoms with E-state index in [1.165, 1.54) is 19.2 Å². The lowest BCUT2D eigenvalue weighted by Crippen LogP contribution is -2.45. The molecular formula is C19H23FN4O4S. The summed E-state index contributed by atoms with van der Waals surface area (Å²) in [6.07, 6.45) is 0. The summed E-state index contributed by atoms with van der Waals surface area (Å²) in [5.41, 5.74) is 6.47. The summed E-state index contributed by atoms with van der Waals surface area (Å²) in [5.74, 6) is -1.60. The summed E-state index contributed by atoms with van der Waals surface area (Å²) in [4.78, 5) is 12.8. The maximum Gasteiger partial charge on any atom is 0.250 e. The highest BCUT2D eigenvalue weighted by Crippen LogP contribution is 2.25. The molecule has 0 aromatic heterocycles. The van der Waals surface area contributed by atoms with E-state index in [-0.39, 0.29) is 5.69 Å². The summed E-state index contributed by atoms with van der Waals surface area (Å²) in [6, 6.07) is 10.2. The van der Waals surface area contributed by atoms with Gasteiger partial charge in [-0.3, -0.25) is 14.9 Å². The number of hydrogen-bond donors (Lipinski definition) is 4. The van der Waals surface area contributed by atoms with Gasteiger partial charge in [0, 0.05) is 11.7 Å². The van der Waals surface area contributed by atoms with Gasteiger partial charge in [0.2, 0.25) is 5.91 Å². The molecule has 3 unspecified atom stereocenters. The Hall–Kier alpha value is -2.69. The second kappa shape index (κ2) is 8.36. The molecule has 0 saturated carbocycles. The van der Waals surface area contributed by atoms with Crippen molar-refractivity contribution in [3.05, 3.63) is 53.8 Å². The van der Waals surface area contributed by atoms with Gasteiger partial charge in [-0.2, -0.15) is 0 Å². The zero-order chi connectivity index (χ0) is 21.2. The molecule has 4 N–H and O–H groups in total. The predicted molar refractivity (Wildman–Crippen MR) is 108 cm³/mol. The van der Waals surface area contributed by atoms with Gasteiger partial charge in [0.25, 0.3) is 10.0 Å². The molecule has 156 valence electrons. The van der Waals surface area contributed by atoms with Crippen molar-refractivity contribution in [2.45, 2.75) is 25.3 Å². The highest BCUT2D eigenvalue weighted by Gasteiger charge is 2.46. The molecular weight excluding hydrogens is 399 g/mol. The molecule has 8 nitrogen and oxygen atoms in total. The highest BCUT2D eigenvalue weighted by atomic mass is 32.2. The SMILES string of the molecule is COc1ccc(NS(=O)(=O)C2NNC(C)C2C(=O)Nc2ccc(C)cc2F)cc1. The Morgan fingerprint density at radius 2 is 1.83 bits per heavy atom. The zero-order valence-electron chi connectivity index (χ0n) is 16.2. The minimum Gasteiger partial charge on any atom is -0.497 e. The van der Waals surface area contributed by atoms with Gasteiger partial charge < -0.3 is 10.1 Å². The van der Waals surface area contributed by atoms with Crippen LogP contribution in [0.5, 0.6) is 5.75 Å². The van der Waals surface area contributed by atoms with Crippen LogP contribution in [-0.4, -0.2) is 32.9 Å². The number of rotatable bonds is 6. The predicted octanol–water partition coefficient (Wildman–Crippen LogP) is 1.96. The number of aryl methyl sites for hydroxylation is 1. The Labute approximate surface area is 168 Å². The first-order chi connectivity index (χ1) is 13.7. The monoisotopic (exact) mass is 422 g/mol. The average molecular weight is 422 g/mol. The van der Waals surface area contributed by atoms with Crippen LogP contribution >= 0.6 is 0 Å². The second-order valence-electron chi connectivity index (χ2n) is 6.87. The van der Waals surface area contributed by atoms with Crippen LogP contribution in [0.1, 0.15) is 12.5 Å². The summed E-state index contributed by atoms with van der Waals surface area (Å²) in [5, 5.41) is 1.23. The molecule has 0 aliphatic carbocycles. The van der Waals surface area contributed by atoms with E-state index in [2.05, 4.69) is 20.9 Å². The number of nitrogens with one attached hydrogen (secondary N) is 4. The molecule has 0 radical (unpaired) electrons. The van der Waals surface area contributed by atoms with Crippen molar-refractivity contribution in [2.75, 3.05) is 17.1 Å². The third kappa shape index (κ3) is 4.66. The number of halogens is 1. The Kier molecular flexibility index (Phi) is 6.06. The van der Waals surface area contributed by atoms with E-state index in [9.17, 15) is 17.6 Å². The molecule has 1 saturated heterocycles. The lowest BCUT2D eigenvalue weighted by molar-refractivity contribution is -0.119. The largest absolute Gasteiger partial charge is 0.497 e. The molecule has 1 fully saturated rings. The van der Waals surface area contributed by atoms with Crippen molar-refractivity contribution in [1.29, 1.82) is 0 Å². The van der Waals surface area contributed by atoms with Crippen molar-refractivity contribution in [1.82, 2.24) is 10.9 Å². The first kappa shape index (κ1) is 21.0. The maximum absolute atomic E-state index is 14.1. The highest BCUT2D eigenvalue weighted by molar-refractivity contribution is 7.93. The summed E-state index contributed by atoms with van der Waals surface area (Å²) in [7, 11) is -2.48. The molecule has 29 heavy (non-hydrogen) atoms. The molecule has 1 aliphatic heterocycles. The van der Waals surface area contributed by atoms with Crippen LogP contribution in [0, 0.1) is 18.7 Å². The van der Waals surface area contributed by atoms with Crippen LogP contribution in [0.4, 0.5) is 15.8 Å². The van der Waals surface area contributed by atoms with Crippen molar-refractivity contribution in [2.24, 2.45) is 5.92 Å². The maximum atomic E-state index is 14.1. The summed E-state index contributed by atoms with van der Waals surface area (Å²) in [6.45, 7) is 3.40. The van der Waals surface area contributed by atoms with E-state index >= 15 is 0 Å². The van der Waals surface area contributed by atoms with Gasteiger partial charge in [0.15, 0.2) is 5.37 Å². The van der Waals surface area contributed by atoms with Crippen molar-refractivity contribution >= 4 is 27.3 Å². The van der Waals surface area contributed by atoms with E-state index in [0.29, 0.717) is 17.0 Å². The standard InChI is InChI=1S/C19H23FN4O4S/c1-11-4-9-16(15(20)10-11)21-18(25)17-12(2)22-23-19(17)29(26,27)24-13-5-7-14(28-3)8-6-13/h4-10,12,17,19,22-24H,1-3H3,(H,21,25). The fourth-order valence-corrected chi connectivity index (χ4v) is 4.67. The van der Waals surface area contributed by atoms with Crippen molar-refractivity contribution in [3.8, 4) is 5.75 Å². The normalized spacial score (nSPS) is 21.6. The zero-order valence-corrected chi connectivity index (χ0v) is 17.0. The minimum absolute atomic E-state index is 0.000962. The van der Waals surface area contributed by atoms with Crippen LogP contribution in [0.25, 0.3) is 0 Å². The van der Waals surface area contributed by atoms with E-state index in [0.717, 1.165) is 0 Å². The van der Waals surface area contributed by atoms with Crippen LogP contribution in [0.2, 0.25) is 0 Å². The number of anilines is 2. The van der Waals surface area contributed by atoms with Crippen molar-refractivity contribution < 1.29 is 22.3 Å². The second-order valence-corrected chi connectivity index (χ2v) is 8.67. The van der Waals surface area contributed by atoms with E-state index in [1.54, 1.807) is 44.2 Å². The van der Waals surface area contributed by atoms with Crippen LogP contribution in [0.3, 0.4) is 0 Å². The molecule has 2 aromatic carbocycles. The quantitative estimate of drug-likeness (QED) is 0.567. The Morgan fingerprint density at radius 3 is 2.45 bits per heavy atom. The van der Waals surface area contributed by atoms with Gasteiger partial charge in [0.1, 0.15) is 11.6 Å². The first-order valence-corrected chi connectivity index (χ1v) is 10.5. The van der Waals surface area contributed by atoms with Gasteiger partial charge in [-0.1, -0.05) is 6.07 Å². The van der Waals surface area contributed by atoms with Crippen molar-refractivity contribution in [3.63, 3.8) is 0 Å². The number of hydrogen-bond acceptors (Lipinski definition) is 6. The molecule has 3 rings (SSSR count). The molecule has 1 aliphatic rings. The number of sulfonamides is 1. The molecule has 1 amide bonds. The molecule has 1 heterocycles. The molecule has 3 atom stereocenters. The van der Waals surface area contributed by atoms with Gasteiger partial charge >= 0.3 is 0 Å². The lowest BCUT2D eigenvalue weighted by atomic mass is 10.0. The van der Waals surface area contributed by atoms with Gasteiger partial charge in [0.05, 0.1) is 18.7 Å². The fraction of sp³-hybridized carbons (Fsp3) is 0.316. The number of carbonyl (C=O) groups excluding carboxylic acids is 1. The fourth-order valence-electron chi connectivity index (χ4n) is 3.11. The van der Waals surface area contributed by atoms with E-state index in [1.807, 2.05) is 0 Å². The van der Waals surface area contributed by atoms with Gasteiger partial charge in [-0.15, -0.1) is 0 Å². The van der Waals surface area contributed by atoms with Gasteiger partial charge in [-0.25, -0.2) is 18.2 Å². The molecule has 2 aromatic rings. The number of methoxy groups -OCH3 is 1. The van der Waals surface area contributed by atoms with Crippen LogP contribution < -0.4 is 25.6 Å². The van der Waals surface area contributed by atoms with E-state index in [4.69, 9.17) is 4.74 Å². The third-order valence-corrected chi connectivity index (χ3v) is 6.29. The minimum atomic E-state index is -3.99. The lowest BCUT2D eigenvalue weighted by Gasteiger charge is -2.21. The first-order valence-electron chi connectivity index (χ1n) is 8.95. The third-order valence-electron chi connectivity index (χ3n) is 4.69. The Morgan fingerprint density at radius 1 is 1.14 bits per heavy atom. The molecule has 10 heteroatoms. The Bertz CT molecular complexity index is 998. The number of hydrazine groups is 1. The number of benzene rings is 2. The smallest absolute Gasteiger partial charge is 0.250 e. The number of ether oxygens (including phenoxy) is 1. The van der Waals surface area contributed by atoms with Gasteiger partial charge in [-0.05, 0) is 55.8 Å². The topological polar surface area (TPSA) is 109 Å². The Balaban J connectivity index is 1.79. The summed E-state index contributed by atoms with van der Waals surface area (Å²) >= 11 is 0. The summed E-state index contributed by atoms with van der Waals surface area (Å²) < 4.78 is 47.4. The molecule has 0 spiro atoms. The average Bonchev–Trinajstić information content (AvgIpc) is 3.07. The number of amides is 1. The molecule has 0 bridgehead atoms. The van der Waals surface area contributed by atoms with Crippen LogP contribution in [-0.2, 0) is 14.8 Å².